The summed E-state index contributed by atoms with van der Waals surface area (Å²) in [6, 6.07) is 4.51. The standard InChI is InChI=1S/C10H10N4O3S/c1-13-10(18)11-9(12-13)6-3-4-7(14(15)16)8(5-6)17-2/h3-5H,1-2H3,(H,11,12,18). The van der Waals surface area contributed by atoms with E-state index in [1.807, 2.05) is 0 Å². The van der Waals surface area contributed by atoms with Crippen molar-refractivity contribution in [3.05, 3.63) is 33.1 Å². The summed E-state index contributed by atoms with van der Waals surface area (Å²) in [5.74, 6) is 0.721. The maximum absolute atomic E-state index is 10.8. The van der Waals surface area contributed by atoms with E-state index in [1.165, 1.54) is 13.2 Å². The van der Waals surface area contributed by atoms with Crippen LogP contribution in [0.5, 0.6) is 5.75 Å². The molecule has 2 rings (SSSR count). The summed E-state index contributed by atoms with van der Waals surface area (Å²) in [7, 11) is 3.12. The topological polar surface area (TPSA) is 86.0 Å². The van der Waals surface area contributed by atoms with Crippen LogP contribution in [0.1, 0.15) is 0 Å². The van der Waals surface area contributed by atoms with Crippen molar-refractivity contribution in [3.63, 3.8) is 0 Å². The summed E-state index contributed by atoms with van der Waals surface area (Å²) >= 11 is 4.98. The van der Waals surface area contributed by atoms with Gasteiger partial charge in [0.1, 0.15) is 0 Å². The van der Waals surface area contributed by atoms with Gasteiger partial charge in [0.25, 0.3) is 0 Å². The molecule has 0 aliphatic rings. The Morgan fingerprint density at radius 1 is 1.56 bits per heavy atom. The van der Waals surface area contributed by atoms with Gasteiger partial charge in [-0.2, -0.15) is 4.98 Å². The number of aromatic amines is 1. The summed E-state index contributed by atoms with van der Waals surface area (Å²) in [6.07, 6.45) is 0. The first-order valence-electron chi connectivity index (χ1n) is 4.98. The van der Waals surface area contributed by atoms with Gasteiger partial charge in [0, 0.05) is 18.7 Å². The number of methoxy groups -OCH3 is 1. The second-order valence-corrected chi connectivity index (χ2v) is 3.92. The van der Waals surface area contributed by atoms with Gasteiger partial charge < -0.3 is 4.74 Å². The van der Waals surface area contributed by atoms with Crippen LogP contribution >= 0.6 is 12.2 Å². The highest BCUT2D eigenvalue weighted by molar-refractivity contribution is 7.71. The predicted molar refractivity (Wildman–Crippen MR) is 67.0 cm³/mol. The molecule has 2 aromatic rings. The molecule has 8 heteroatoms. The molecule has 94 valence electrons. The van der Waals surface area contributed by atoms with Gasteiger partial charge in [0.05, 0.1) is 12.0 Å². The Morgan fingerprint density at radius 3 is 2.78 bits per heavy atom. The van der Waals surface area contributed by atoms with Gasteiger partial charge in [-0.1, -0.05) is 0 Å². The summed E-state index contributed by atoms with van der Waals surface area (Å²) in [5, 5.41) is 13.7. The van der Waals surface area contributed by atoms with Gasteiger partial charge in [-0.15, -0.1) is 0 Å². The maximum Gasteiger partial charge on any atom is 0.310 e. The van der Waals surface area contributed by atoms with E-state index in [2.05, 4.69) is 10.1 Å². The van der Waals surface area contributed by atoms with Crippen molar-refractivity contribution in [3.8, 4) is 17.1 Å². The molecule has 0 radical (unpaired) electrons. The van der Waals surface area contributed by atoms with Crippen LogP contribution in [-0.2, 0) is 7.05 Å². The number of nitro benzene ring substituents is 1. The molecule has 0 fully saturated rings. The maximum atomic E-state index is 10.8. The zero-order chi connectivity index (χ0) is 13.3. The number of hydrogen-bond donors (Lipinski definition) is 1. The highest BCUT2D eigenvalue weighted by Crippen LogP contribution is 2.30. The molecule has 18 heavy (non-hydrogen) atoms. The fourth-order valence-electron chi connectivity index (χ4n) is 1.51. The summed E-state index contributed by atoms with van der Waals surface area (Å²) in [4.78, 5) is 14.4. The molecule has 0 spiro atoms. The van der Waals surface area contributed by atoms with Gasteiger partial charge in [-0.25, -0.2) is 0 Å². The number of H-pyrrole nitrogens is 1. The highest BCUT2D eigenvalue weighted by atomic mass is 32.1. The molecule has 0 saturated heterocycles. The third-order valence-corrected chi connectivity index (χ3v) is 2.78. The summed E-state index contributed by atoms with van der Waals surface area (Å²) in [5.41, 5.74) is 0.583. The Kier molecular flexibility index (Phi) is 3.11. The predicted octanol–water partition coefficient (Wildman–Crippen LogP) is 2.06. The molecule has 0 amide bonds. The van der Waals surface area contributed by atoms with Crippen molar-refractivity contribution in [2.24, 2.45) is 7.05 Å². The van der Waals surface area contributed by atoms with E-state index in [-0.39, 0.29) is 11.4 Å². The van der Waals surface area contributed by atoms with Crippen LogP contribution in [0.15, 0.2) is 18.2 Å². The smallest absolute Gasteiger partial charge is 0.310 e. The van der Waals surface area contributed by atoms with Crippen molar-refractivity contribution in [1.82, 2.24) is 14.8 Å². The molecule has 1 aromatic carbocycles. The van der Waals surface area contributed by atoms with E-state index in [1.54, 1.807) is 23.9 Å². The van der Waals surface area contributed by atoms with E-state index in [9.17, 15) is 10.1 Å². The average molecular weight is 266 g/mol. The third kappa shape index (κ3) is 2.09. The lowest BCUT2D eigenvalue weighted by atomic mass is 10.2. The Hall–Kier alpha value is -2.22. The van der Waals surface area contributed by atoms with E-state index in [0.29, 0.717) is 16.2 Å². The van der Waals surface area contributed by atoms with Crippen LogP contribution in [0.25, 0.3) is 11.4 Å². The fourth-order valence-corrected chi connectivity index (χ4v) is 1.64. The molecule has 0 bridgehead atoms. The number of rotatable bonds is 3. The van der Waals surface area contributed by atoms with Crippen molar-refractivity contribution < 1.29 is 9.66 Å². The van der Waals surface area contributed by atoms with Crippen molar-refractivity contribution in [2.75, 3.05) is 7.11 Å². The molecular weight excluding hydrogens is 256 g/mol. The van der Waals surface area contributed by atoms with Crippen molar-refractivity contribution in [2.45, 2.75) is 0 Å². The van der Waals surface area contributed by atoms with E-state index < -0.39 is 4.92 Å². The zero-order valence-corrected chi connectivity index (χ0v) is 10.5. The quantitative estimate of drug-likeness (QED) is 0.522. The third-order valence-electron chi connectivity index (χ3n) is 2.42. The molecule has 0 aliphatic heterocycles. The molecule has 0 unspecified atom stereocenters. The lowest BCUT2D eigenvalue weighted by Crippen LogP contribution is -1.94. The van der Waals surface area contributed by atoms with E-state index >= 15 is 0 Å². The van der Waals surface area contributed by atoms with E-state index in [4.69, 9.17) is 17.0 Å². The first kappa shape index (κ1) is 12.2. The second-order valence-electron chi connectivity index (χ2n) is 3.56. The lowest BCUT2D eigenvalue weighted by Gasteiger charge is -2.03. The first-order chi connectivity index (χ1) is 8.52. The van der Waals surface area contributed by atoms with Gasteiger partial charge >= 0.3 is 5.69 Å². The Morgan fingerprint density at radius 2 is 2.28 bits per heavy atom. The monoisotopic (exact) mass is 266 g/mol. The van der Waals surface area contributed by atoms with Crippen LogP contribution in [0.3, 0.4) is 0 Å². The van der Waals surface area contributed by atoms with Crippen LogP contribution in [0, 0.1) is 14.9 Å². The Labute approximate surface area is 107 Å². The minimum absolute atomic E-state index is 0.0872. The summed E-state index contributed by atoms with van der Waals surface area (Å²) < 4.78 is 6.98. The second kappa shape index (κ2) is 4.57. The van der Waals surface area contributed by atoms with Gasteiger partial charge in [0.15, 0.2) is 11.6 Å². The Balaban J connectivity index is 2.53. The first-order valence-corrected chi connectivity index (χ1v) is 5.39. The fraction of sp³-hybridized carbons (Fsp3) is 0.200. The van der Waals surface area contributed by atoms with Crippen LogP contribution < -0.4 is 4.74 Å². The number of hydrogen-bond acceptors (Lipinski definition) is 5. The molecule has 7 nitrogen and oxygen atoms in total. The normalized spacial score (nSPS) is 10.3. The number of nitrogens with zero attached hydrogens (tertiary/aromatic N) is 3. The van der Waals surface area contributed by atoms with E-state index in [0.717, 1.165) is 0 Å². The van der Waals surface area contributed by atoms with Crippen LogP contribution in [0.2, 0.25) is 0 Å². The van der Waals surface area contributed by atoms with Crippen LogP contribution in [0.4, 0.5) is 5.69 Å². The lowest BCUT2D eigenvalue weighted by molar-refractivity contribution is -0.385. The molecule has 0 atom stereocenters. The number of nitro groups is 1. The molecule has 1 aromatic heterocycles. The van der Waals surface area contributed by atoms with Crippen molar-refractivity contribution >= 4 is 17.9 Å². The zero-order valence-electron chi connectivity index (χ0n) is 9.71. The van der Waals surface area contributed by atoms with Gasteiger partial charge in [0.2, 0.25) is 4.77 Å². The van der Waals surface area contributed by atoms with Gasteiger partial charge in [-0.05, 0) is 24.4 Å². The number of aryl methyl sites for hydroxylation is 1. The van der Waals surface area contributed by atoms with Crippen LogP contribution in [-0.4, -0.2) is 26.8 Å². The molecule has 0 saturated carbocycles. The average Bonchev–Trinajstić information content (AvgIpc) is 2.68. The van der Waals surface area contributed by atoms with Crippen molar-refractivity contribution in [1.29, 1.82) is 0 Å². The largest absolute Gasteiger partial charge is 0.490 e. The Bertz CT molecular complexity index is 661. The number of nitrogens with one attached hydrogen (secondary N) is 1. The number of benzene rings is 1. The molecular formula is C10H10N4O3S. The molecule has 0 aliphatic carbocycles. The molecule has 1 N–H and O–H groups in total. The summed E-state index contributed by atoms with van der Waals surface area (Å²) in [6.45, 7) is 0. The SMILES string of the molecule is COc1cc(-c2nc(=S)n(C)[nH]2)ccc1[N+](=O)[O-]. The number of ether oxygens (including phenoxy) is 1. The molecule has 1 heterocycles. The van der Waals surface area contributed by atoms with Gasteiger partial charge in [-0.3, -0.25) is 19.9 Å². The number of aromatic nitrogens is 3. The minimum Gasteiger partial charge on any atom is -0.490 e. The minimum atomic E-state index is -0.497. The highest BCUT2D eigenvalue weighted by Gasteiger charge is 2.16.